The number of halogens is 1. The van der Waals surface area contributed by atoms with Crippen molar-refractivity contribution in [1.29, 1.82) is 0 Å². The molecule has 4 N–H and O–H groups in total. The summed E-state index contributed by atoms with van der Waals surface area (Å²) in [5.74, 6) is -0.244. The summed E-state index contributed by atoms with van der Waals surface area (Å²) in [4.78, 5) is 4.09. The van der Waals surface area contributed by atoms with Crippen LogP contribution in [0.25, 0.3) is 0 Å². The topological polar surface area (TPSA) is 83.5 Å². The number of oxime groups is 1. The molecule has 0 saturated heterocycles. The fraction of sp³-hybridized carbons (Fsp3) is 0.200. The molecule has 6 heteroatoms. The van der Waals surface area contributed by atoms with Crippen LogP contribution in [-0.4, -0.2) is 22.6 Å². The van der Waals surface area contributed by atoms with E-state index in [2.05, 4.69) is 15.5 Å². The van der Waals surface area contributed by atoms with Crippen LogP contribution in [0.2, 0.25) is 0 Å². The van der Waals surface area contributed by atoms with Gasteiger partial charge in [-0.15, -0.1) is 0 Å². The van der Waals surface area contributed by atoms with Crippen LogP contribution in [0.1, 0.15) is 16.8 Å². The number of nitrogens with one attached hydrogen (secondary N) is 1. The van der Waals surface area contributed by atoms with Gasteiger partial charge >= 0.3 is 0 Å². The zero-order valence-electron chi connectivity index (χ0n) is 11.5. The lowest BCUT2D eigenvalue weighted by molar-refractivity contribution is 0.318. The van der Waals surface area contributed by atoms with E-state index in [-0.39, 0.29) is 11.7 Å². The van der Waals surface area contributed by atoms with Crippen LogP contribution in [-0.2, 0) is 13.0 Å². The molecule has 0 aliphatic heterocycles. The second kappa shape index (κ2) is 7.35. The SMILES string of the molecule is NC(=NO)c1ncccc1CNCCc1cccc(F)c1. The molecule has 110 valence electrons. The summed E-state index contributed by atoms with van der Waals surface area (Å²) in [6.07, 6.45) is 2.31. The highest BCUT2D eigenvalue weighted by Crippen LogP contribution is 2.06. The van der Waals surface area contributed by atoms with Crippen LogP contribution in [0.3, 0.4) is 0 Å². The van der Waals surface area contributed by atoms with E-state index in [0.29, 0.717) is 18.8 Å². The molecule has 0 saturated carbocycles. The third kappa shape index (κ3) is 4.25. The Kier molecular flexibility index (Phi) is 5.22. The summed E-state index contributed by atoms with van der Waals surface area (Å²) in [5, 5.41) is 14.9. The van der Waals surface area contributed by atoms with Crippen LogP contribution in [0.4, 0.5) is 4.39 Å². The maximum Gasteiger partial charge on any atom is 0.189 e. The van der Waals surface area contributed by atoms with Gasteiger partial charge in [-0.3, -0.25) is 4.98 Å². The van der Waals surface area contributed by atoms with Crippen molar-refractivity contribution in [3.05, 3.63) is 65.2 Å². The van der Waals surface area contributed by atoms with E-state index in [1.54, 1.807) is 18.3 Å². The molecule has 1 heterocycles. The Morgan fingerprint density at radius 2 is 2.19 bits per heavy atom. The van der Waals surface area contributed by atoms with Crippen molar-refractivity contribution in [2.45, 2.75) is 13.0 Å². The highest BCUT2D eigenvalue weighted by atomic mass is 19.1. The van der Waals surface area contributed by atoms with E-state index in [4.69, 9.17) is 10.9 Å². The molecule has 0 amide bonds. The number of nitrogens with two attached hydrogens (primary N) is 1. The first-order valence-corrected chi connectivity index (χ1v) is 6.57. The monoisotopic (exact) mass is 288 g/mol. The highest BCUT2D eigenvalue weighted by Gasteiger charge is 2.07. The van der Waals surface area contributed by atoms with Gasteiger partial charge in [0, 0.05) is 12.7 Å². The van der Waals surface area contributed by atoms with Crippen molar-refractivity contribution >= 4 is 5.84 Å². The third-order valence-corrected chi connectivity index (χ3v) is 3.04. The molecule has 21 heavy (non-hydrogen) atoms. The van der Waals surface area contributed by atoms with E-state index in [1.807, 2.05) is 12.1 Å². The maximum atomic E-state index is 13.0. The second-order valence-corrected chi connectivity index (χ2v) is 4.55. The van der Waals surface area contributed by atoms with E-state index < -0.39 is 0 Å². The Hall–Kier alpha value is -2.47. The first kappa shape index (κ1) is 14.9. The first-order valence-electron chi connectivity index (χ1n) is 6.57. The van der Waals surface area contributed by atoms with Gasteiger partial charge in [0.2, 0.25) is 0 Å². The van der Waals surface area contributed by atoms with Crippen LogP contribution in [0.15, 0.2) is 47.8 Å². The first-order chi connectivity index (χ1) is 10.2. The predicted molar refractivity (Wildman–Crippen MR) is 78.6 cm³/mol. The van der Waals surface area contributed by atoms with Gasteiger partial charge in [-0.2, -0.15) is 0 Å². The van der Waals surface area contributed by atoms with Crippen molar-refractivity contribution in [2.75, 3.05) is 6.54 Å². The Bertz CT molecular complexity index is 631. The number of benzene rings is 1. The summed E-state index contributed by atoms with van der Waals surface area (Å²) in [5.41, 5.74) is 7.81. The number of aromatic nitrogens is 1. The highest BCUT2D eigenvalue weighted by molar-refractivity contribution is 5.96. The lowest BCUT2D eigenvalue weighted by Crippen LogP contribution is -2.22. The molecule has 0 aliphatic rings. The molecule has 5 nitrogen and oxygen atoms in total. The van der Waals surface area contributed by atoms with Crippen molar-refractivity contribution in [3.63, 3.8) is 0 Å². The second-order valence-electron chi connectivity index (χ2n) is 4.55. The molecule has 2 aromatic rings. The van der Waals surface area contributed by atoms with Gasteiger partial charge in [0.05, 0.1) is 0 Å². The number of pyridine rings is 1. The van der Waals surface area contributed by atoms with Crippen molar-refractivity contribution in [1.82, 2.24) is 10.3 Å². The number of rotatable bonds is 6. The minimum Gasteiger partial charge on any atom is -0.409 e. The summed E-state index contributed by atoms with van der Waals surface area (Å²) >= 11 is 0. The Labute approximate surface area is 122 Å². The van der Waals surface area contributed by atoms with Gasteiger partial charge in [0.15, 0.2) is 5.84 Å². The fourth-order valence-corrected chi connectivity index (χ4v) is 2.01. The quantitative estimate of drug-likeness (QED) is 0.248. The molecular weight excluding hydrogens is 271 g/mol. The lowest BCUT2D eigenvalue weighted by atomic mass is 10.1. The molecule has 1 aromatic carbocycles. The van der Waals surface area contributed by atoms with Crippen LogP contribution in [0.5, 0.6) is 0 Å². The van der Waals surface area contributed by atoms with Crippen molar-refractivity contribution in [3.8, 4) is 0 Å². The van der Waals surface area contributed by atoms with Crippen molar-refractivity contribution in [2.24, 2.45) is 10.9 Å². The van der Waals surface area contributed by atoms with E-state index >= 15 is 0 Å². The number of amidine groups is 1. The smallest absolute Gasteiger partial charge is 0.189 e. The minimum absolute atomic E-state index is 0.0162. The zero-order chi connectivity index (χ0) is 15.1. The minimum atomic E-state index is -0.228. The van der Waals surface area contributed by atoms with Gasteiger partial charge in [0.25, 0.3) is 0 Å². The summed E-state index contributed by atoms with van der Waals surface area (Å²) in [6, 6.07) is 10.2. The molecule has 0 radical (unpaired) electrons. The summed E-state index contributed by atoms with van der Waals surface area (Å²) < 4.78 is 13.0. The van der Waals surface area contributed by atoms with Gasteiger partial charge in [-0.05, 0) is 42.3 Å². The zero-order valence-corrected chi connectivity index (χ0v) is 11.5. The van der Waals surface area contributed by atoms with Crippen LogP contribution >= 0.6 is 0 Å². The number of hydrogen-bond donors (Lipinski definition) is 3. The molecule has 0 aliphatic carbocycles. The summed E-state index contributed by atoms with van der Waals surface area (Å²) in [6.45, 7) is 1.22. The number of hydrogen-bond acceptors (Lipinski definition) is 4. The lowest BCUT2D eigenvalue weighted by Gasteiger charge is -2.08. The van der Waals surface area contributed by atoms with Gasteiger partial charge in [0.1, 0.15) is 11.5 Å². The molecule has 0 bridgehead atoms. The van der Waals surface area contributed by atoms with Gasteiger partial charge in [-0.1, -0.05) is 23.4 Å². The molecule has 0 unspecified atom stereocenters. The van der Waals surface area contributed by atoms with Crippen LogP contribution in [0, 0.1) is 5.82 Å². The Balaban J connectivity index is 1.89. The van der Waals surface area contributed by atoms with Gasteiger partial charge < -0.3 is 16.3 Å². The molecule has 0 spiro atoms. The molecule has 0 fully saturated rings. The largest absolute Gasteiger partial charge is 0.409 e. The molecule has 1 aromatic heterocycles. The normalized spacial score (nSPS) is 11.6. The maximum absolute atomic E-state index is 13.0. The Morgan fingerprint density at radius 3 is 2.95 bits per heavy atom. The van der Waals surface area contributed by atoms with Crippen molar-refractivity contribution < 1.29 is 9.60 Å². The van der Waals surface area contributed by atoms with Crippen LogP contribution < -0.4 is 11.1 Å². The van der Waals surface area contributed by atoms with E-state index in [1.165, 1.54) is 12.1 Å². The molecule has 0 atom stereocenters. The molecule has 2 rings (SSSR count). The van der Waals surface area contributed by atoms with E-state index in [0.717, 1.165) is 17.5 Å². The predicted octanol–water partition coefficient (Wildman–Crippen LogP) is 1.65. The molecular formula is C15H17FN4O. The Morgan fingerprint density at radius 1 is 1.33 bits per heavy atom. The fourth-order valence-electron chi connectivity index (χ4n) is 2.01. The average Bonchev–Trinajstić information content (AvgIpc) is 2.51. The average molecular weight is 288 g/mol. The van der Waals surface area contributed by atoms with E-state index in [9.17, 15) is 4.39 Å². The third-order valence-electron chi connectivity index (χ3n) is 3.04. The summed E-state index contributed by atoms with van der Waals surface area (Å²) in [7, 11) is 0. The number of nitrogens with zero attached hydrogens (tertiary/aromatic N) is 2. The van der Waals surface area contributed by atoms with Gasteiger partial charge in [-0.25, -0.2) is 4.39 Å². The standard InChI is InChI=1S/C15H17FN4O/c16-13-5-1-3-11(9-13)6-8-18-10-12-4-2-7-19-14(12)15(17)20-21/h1-5,7,9,18,21H,6,8,10H2,(H2,17,20).